The van der Waals surface area contributed by atoms with Gasteiger partial charge in [-0.3, -0.25) is 4.57 Å². The van der Waals surface area contributed by atoms with Crippen LogP contribution in [0.15, 0.2) is 84.0 Å². The lowest BCUT2D eigenvalue weighted by Gasteiger charge is -2.19. The first-order chi connectivity index (χ1) is 14.0. The summed E-state index contributed by atoms with van der Waals surface area (Å²) in [6.07, 6.45) is 0. The van der Waals surface area contributed by atoms with Gasteiger partial charge in [0, 0.05) is 11.4 Å². The first kappa shape index (κ1) is 19.6. The van der Waals surface area contributed by atoms with E-state index in [4.69, 9.17) is 9.72 Å². The average molecular weight is 403 g/mol. The van der Waals surface area contributed by atoms with Crippen LogP contribution in [0, 0.1) is 0 Å². The molecule has 0 fully saturated rings. The molecule has 3 aromatic carbocycles. The molecule has 4 aromatic rings. The topological polar surface area (TPSA) is 27.1 Å². The van der Waals surface area contributed by atoms with E-state index < -0.39 is 0 Å². The number of benzene rings is 3. The molecule has 0 radical (unpaired) electrons. The Kier molecular flexibility index (Phi) is 5.63. The summed E-state index contributed by atoms with van der Waals surface area (Å²) in [5.74, 6) is 1.74. The van der Waals surface area contributed by atoms with Gasteiger partial charge in [0.15, 0.2) is 5.16 Å². The lowest BCUT2D eigenvalue weighted by molar-refractivity contribution is 0.343. The largest absolute Gasteiger partial charge is 0.493 e. The highest BCUT2D eigenvalue weighted by atomic mass is 32.2. The van der Waals surface area contributed by atoms with Gasteiger partial charge in [0.05, 0.1) is 17.6 Å². The van der Waals surface area contributed by atoms with E-state index >= 15 is 0 Å². The van der Waals surface area contributed by atoms with Crippen LogP contribution in [0.4, 0.5) is 0 Å². The van der Waals surface area contributed by atoms with Crippen LogP contribution in [0.1, 0.15) is 26.3 Å². The highest BCUT2D eigenvalue weighted by Crippen LogP contribution is 2.28. The molecule has 4 heteroatoms. The fourth-order valence-electron chi connectivity index (χ4n) is 3.27. The van der Waals surface area contributed by atoms with Gasteiger partial charge in [-0.25, -0.2) is 4.98 Å². The standard InChI is InChI=1S/C25H26N2OS/c1-25(2,3)19-13-15-21(16-14-19)28-17-18-29-24-26-22-11-7-8-12-23(22)27(24)20-9-5-4-6-10-20/h4-16H,17-18H2,1-3H3. The average Bonchev–Trinajstić information content (AvgIpc) is 3.10. The predicted molar refractivity (Wildman–Crippen MR) is 122 cm³/mol. The summed E-state index contributed by atoms with van der Waals surface area (Å²) in [5.41, 5.74) is 4.74. The van der Waals surface area contributed by atoms with Gasteiger partial charge >= 0.3 is 0 Å². The van der Waals surface area contributed by atoms with E-state index in [1.807, 2.05) is 12.1 Å². The van der Waals surface area contributed by atoms with Crippen molar-refractivity contribution in [2.45, 2.75) is 31.3 Å². The monoisotopic (exact) mass is 402 g/mol. The molecule has 1 aromatic heterocycles. The zero-order chi connectivity index (χ0) is 20.3. The van der Waals surface area contributed by atoms with Crippen molar-refractivity contribution in [3.63, 3.8) is 0 Å². The zero-order valence-electron chi connectivity index (χ0n) is 17.1. The van der Waals surface area contributed by atoms with E-state index in [0.717, 1.165) is 33.4 Å². The Hall–Kier alpha value is -2.72. The van der Waals surface area contributed by atoms with Crippen LogP contribution in [-0.4, -0.2) is 21.9 Å². The molecule has 0 aliphatic rings. The number of fused-ring (bicyclic) bond motifs is 1. The minimum atomic E-state index is 0.158. The molecule has 0 aliphatic carbocycles. The van der Waals surface area contributed by atoms with E-state index in [1.165, 1.54) is 5.56 Å². The van der Waals surface area contributed by atoms with Crippen molar-refractivity contribution in [2.24, 2.45) is 0 Å². The molecule has 29 heavy (non-hydrogen) atoms. The molecule has 0 spiro atoms. The van der Waals surface area contributed by atoms with Crippen LogP contribution in [0.25, 0.3) is 16.7 Å². The number of hydrogen-bond donors (Lipinski definition) is 0. The lowest BCUT2D eigenvalue weighted by Crippen LogP contribution is -2.10. The summed E-state index contributed by atoms with van der Waals surface area (Å²) in [6.45, 7) is 7.30. The molecule has 0 unspecified atom stereocenters. The van der Waals surface area contributed by atoms with E-state index in [1.54, 1.807) is 11.8 Å². The van der Waals surface area contributed by atoms with E-state index in [-0.39, 0.29) is 5.41 Å². The van der Waals surface area contributed by atoms with Crippen LogP contribution in [0.2, 0.25) is 0 Å². The molecule has 0 saturated heterocycles. The highest BCUT2D eigenvalue weighted by molar-refractivity contribution is 7.99. The molecule has 4 rings (SSSR count). The van der Waals surface area contributed by atoms with Gasteiger partial charge in [0.25, 0.3) is 0 Å². The summed E-state index contributed by atoms with van der Waals surface area (Å²) in [5, 5.41) is 0.990. The molecule has 3 nitrogen and oxygen atoms in total. The number of thioether (sulfide) groups is 1. The van der Waals surface area contributed by atoms with Gasteiger partial charge in [-0.15, -0.1) is 0 Å². The smallest absolute Gasteiger partial charge is 0.173 e. The molecular formula is C25H26N2OS. The SMILES string of the molecule is CC(C)(C)c1ccc(OCCSc2nc3ccccc3n2-c2ccccc2)cc1. The third-order valence-corrected chi connectivity index (χ3v) is 5.75. The molecule has 1 heterocycles. The van der Waals surface area contributed by atoms with Crippen molar-refractivity contribution < 1.29 is 4.74 Å². The van der Waals surface area contributed by atoms with Crippen molar-refractivity contribution in [3.8, 4) is 11.4 Å². The van der Waals surface area contributed by atoms with Crippen molar-refractivity contribution in [2.75, 3.05) is 12.4 Å². The maximum absolute atomic E-state index is 5.96. The Balaban J connectivity index is 1.45. The third kappa shape index (κ3) is 4.48. The minimum absolute atomic E-state index is 0.158. The number of hydrogen-bond acceptors (Lipinski definition) is 3. The highest BCUT2D eigenvalue weighted by Gasteiger charge is 2.14. The Bertz CT molecular complexity index is 1080. The molecule has 0 saturated carbocycles. The van der Waals surface area contributed by atoms with Gasteiger partial charge < -0.3 is 4.74 Å². The minimum Gasteiger partial charge on any atom is -0.493 e. The Labute approximate surface area is 176 Å². The summed E-state index contributed by atoms with van der Waals surface area (Å²) in [6, 6.07) is 27.1. The summed E-state index contributed by atoms with van der Waals surface area (Å²) in [7, 11) is 0. The number of ether oxygens (including phenoxy) is 1. The van der Waals surface area contributed by atoms with Crippen LogP contribution in [0.5, 0.6) is 5.75 Å². The molecular weight excluding hydrogens is 376 g/mol. The van der Waals surface area contributed by atoms with Crippen molar-refractivity contribution in [3.05, 3.63) is 84.4 Å². The second-order valence-electron chi connectivity index (χ2n) is 8.03. The van der Waals surface area contributed by atoms with E-state index in [2.05, 4.69) is 92.1 Å². The molecule has 0 aliphatic heterocycles. The number of imidazole rings is 1. The lowest BCUT2D eigenvalue weighted by atomic mass is 9.87. The second kappa shape index (κ2) is 8.34. The first-order valence-electron chi connectivity index (χ1n) is 9.91. The van der Waals surface area contributed by atoms with Crippen LogP contribution < -0.4 is 4.74 Å². The molecule has 0 bridgehead atoms. The normalized spacial score (nSPS) is 11.7. The Morgan fingerprint density at radius 2 is 1.55 bits per heavy atom. The Morgan fingerprint density at radius 1 is 0.862 bits per heavy atom. The van der Waals surface area contributed by atoms with Gasteiger partial charge in [0.1, 0.15) is 5.75 Å². The fraction of sp³-hybridized carbons (Fsp3) is 0.240. The van der Waals surface area contributed by atoms with Gasteiger partial charge in [-0.05, 0) is 47.4 Å². The van der Waals surface area contributed by atoms with E-state index in [9.17, 15) is 0 Å². The van der Waals surface area contributed by atoms with Gasteiger partial charge in [0.2, 0.25) is 0 Å². The maximum Gasteiger partial charge on any atom is 0.173 e. The summed E-state index contributed by atoms with van der Waals surface area (Å²) < 4.78 is 8.18. The fourth-order valence-corrected chi connectivity index (χ4v) is 4.12. The maximum atomic E-state index is 5.96. The van der Waals surface area contributed by atoms with Crippen LogP contribution in [0.3, 0.4) is 0 Å². The van der Waals surface area contributed by atoms with Gasteiger partial charge in [-0.2, -0.15) is 0 Å². The van der Waals surface area contributed by atoms with E-state index in [0.29, 0.717) is 6.61 Å². The molecule has 148 valence electrons. The summed E-state index contributed by atoms with van der Waals surface area (Å²) >= 11 is 1.72. The Morgan fingerprint density at radius 3 is 2.28 bits per heavy atom. The second-order valence-corrected chi connectivity index (χ2v) is 9.09. The van der Waals surface area contributed by atoms with Crippen LogP contribution in [-0.2, 0) is 5.41 Å². The number of aromatic nitrogens is 2. The van der Waals surface area contributed by atoms with Crippen molar-refractivity contribution in [1.82, 2.24) is 9.55 Å². The molecule has 0 amide bonds. The summed E-state index contributed by atoms with van der Waals surface area (Å²) in [4.78, 5) is 4.84. The quantitative estimate of drug-likeness (QED) is 0.272. The molecule has 0 atom stereocenters. The third-order valence-electron chi connectivity index (χ3n) is 4.85. The van der Waals surface area contributed by atoms with Crippen molar-refractivity contribution >= 4 is 22.8 Å². The van der Waals surface area contributed by atoms with Crippen molar-refractivity contribution in [1.29, 1.82) is 0 Å². The number of rotatable bonds is 6. The molecule has 0 N–H and O–H groups in total. The zero-order valence-corrected chi connectivity index (χ0v) is 17.9. The predicted octanol–water partition coefficient (Wildman–Crippen LogP) is 6.49. The van der Waals surface area contributed by atoms with Crippen LogP contribution >= 0.6 is 11.8 Å². The van der Waals surface area contributed by atoms with Gasteiger partial charge in [-0.1, -0.05) is 75.0 Å². The number of para-hydroxylation sites is 3. The number of nitrogens with zero attached hydrogens (tertiary/aromatic N) is 2. The first-order valence-corrected chi connectivity index (χ1v) is 10.9.